The summed E-state index contributed by atoms with van der Waals surface area (Å²) in [6.45, 7) is 11.1. The number of amides is 3. The molecule has 2 fully saturated rings. The second kappa shape index (κ2) is 12.9. The van der Waals surface area contributed by atoms with E-state index < -0.39 is 0 Å². The number of piperazine rings is 1. The summed E-state index contributed by atoms with van der Waals surface area (Å²) in [5.41, 5.74) is 0.904. The lowest BCUT2D eigenvalue weighted by atomic mass is 9.82. The molecule has 2 unspecified atom stereocenters. The highest BCUT2D eigenvalue weighted by molar-refractivity contribution is 5.85. The fraction of sp³-hybridized carbons (Fsp3) is 0.667. The zero-order valence-electron chi connectivity index (χ0n) is 21.9. The van der Waals surface area contributed by atoms with Gasteiger partial charge in [0.25, 0.3) is 0 Å². The molecular weight excluding hydrogens is 444 g/mol. The van der Waals surface area contributed by atoms with Crippen LogP contribution in [-0.2, 0) is 14.4 Å². The number of hydrogen-bond acceptors (Lipinski definition) is 5. The van der Waals surface area contributed by atoms with Crippen molar-refractivity contribution >= 4 is 17.7 Å². The molecule has 194 valence electrons. The Morgan fingerprint density at radius 3 is 2.37 bits per heavy atom. The number of ether oxygens (including phenoxy) is 1. The topological polar surface area (TPSA) is 73.4 Å². The smallest absolute Gasteiger partial charge is 0.236 e. The highest BCUT2D eigenvalue weighted by atomic mass is 16.5. The molecule has 0 radical (unpaired) electrons. The van der Waals surface area contributed by atoms with Crippen molar-refractivity contribution in [2.45, 2.75) is 52.5 Å². The van der Waals surface area contributed by atoms with E-state index in [1.165, 1.54) is 0 Å². The number of carbonyl (C=O) groups excluding carboxylic acids is 3. The zero-order valence-corrected chi connectivity index (χ0v) is 21.9. The van der Waals surface area contributed by atoms with Crippen molar-refractivity contribution in [2.75, 3.05) is 59.5 Å². The van der Waals surface area contributed by atoms with E-state index in [0.29, 0.717) is 70.9 Å². The molecule has 2 heterocycles. The van der Waals surface area contributed by atoms with E-state index in [4.69, 9.17) is 4.74 Å². The number of nitrogens with zero attached hydrogens (tertiary/aromatic N) is 4. The minimum atomic E-state index is -0.325. The summed E-state index contributed by atoms with van der Waals surface area (Å²) in [7, 11) is 1.63. The molecule has 2 aliphatic rings. The normalized spacial score (nSPS) is 21.2. The molecule has 0 spiro atoms. The fourth-order valence-electron chi connectivity index (χ4n) is 5.33. The Kier molecular flexibility index (Phi) is 9.95. The third-order valence-corrected chi connectivity index (χ3v) is 7.39. The molecule has 1 aromatic carbocycles. The number of likely N-dealkylation sites (tertiary alicyclic amines) is 1. The summed E-state index contributed by atoms with van der Waals surface area (Å²) in [4.78, 5) is 47.2. The summed E-state index contributed by atoms with van der Waals surface area (Å²) in [6.07, 6.45) is 2.82. The van der Waals surface area contributed by atoms with Crippen molar-refractivity contribution in [3.05, 3.63) is 29.8 Å². The van der Waals surface area contributed by atoms with Gasteiger partial charge in [0.2, 0.25) is 17.7 Å². The lowest BCUT2D eigenvalue weighted by molar-refractivity contribution is -0.149. The van der Waals surface area contributed by atoms with Crippen LogP contribution in [0.5, 0.6) is 5.75 Å². The van der Waals surface area contributed by atoms with Gasteiger partial charge in [0.1, 0.15) is 5.75 Å². The van der Waals surface area contributed by atoms with Crippen LogP contribution < -0.4 is 4.74 Å². The molecule has 8 nitrogen and oxygen atoms in total. The van der Waals surface area contributed by atoms with Gasteiger partial charge in [0, 0.05) is 57.8 Å². The number of likely N-dealkylation sites (N-methyl/N-ethyl adjacent to an activating group) is 1. The molecule has 1 aromatic rings. The standard InChI is InChI=1S/C27H42N4O4/c1-5-8-15-31-24(32)14-13-22(26(31)21-11-9-10-12-23(21)35-4)27(34)30-18-16-28(17-19-30)20-25(33)29(6-2)7-3/h9-12,22,26H,5-8,13-20H2,1-4H3. The molecule has 35 heavy (non-hydrogen) atoms. The van der Waals surface area contributed by atoms with Crippen LogP contribution in [0, 0.1) is 5.92 Å². The van der Waals surface area contributed by atoms with Gasteiger partial charge < -0.3 is 19.4 Å². The molecular formula is C27H42N4O4. The van der Waals surface area contributed by atoms with E-state index in [9.17, 15) is 14.4 Å². The molecule has 0 aliphatic carbocycles. The molecule has 0 aromatic heterocycles. The van der Waals surface area contributed by atoms with Gasteiger partial charge in [-0.05, 0) is 32.8 Å². The van der Waals surface area contributed by atoms with Gasteiger partial charge in [-0.15, -0.1) is 0 Å². The number of hydrogen-bond donors (Lipinski definition) is 0. The van der Waals surface area contributed by atoms with Crippen LogP contribution in [0.1, 0.15) is 58.1 Å². The highest BCUT2D eigenvalue weighted by Crippen LogP contribution is 2.41. The molecule has 0 N–H and O–H groups in total. The van der Waals surface area contributed by atoms with Crippen LogP contribution in [0.4, 0.5) is 0 Å². The first-order valence-electron chi connectivity index (χ1n) is 13.2. The predicted molar refractivity (Wildman–Crippen MR) is 136 cm³/mol. The third kappa shape index (κ3) is 6.34. The van der Waals surface area contributed by atoms with E-state index in [2.05, 4.69) is 11.8 Å². The van der Waals surface area contributed by atoms with Gasteiger partial charge >= 0.3 is 0 Å². The van der Waals surface area contributed by atoms with Crippen LogP contribution in [0.2, 0.25) is 0 Å². The van der Waals surface area contributed by atoms with Crippen LogP contribution in [0.25, 0.3) is 0 Å². The average molecular weight is 487 g/mol. The summed E-state index contributed by atoms with van der Waals surface area (Å²) < 4.78 is 5.64. The maximum Gasteiger partial charge on any atom is 0.236 e. The van der Waals surface area contributed by atoms with Crippen molar-refractivity contribution in [2.24, 2.45) is 5.92 Å². The molecule has 0 bridgehead atoms. The Morgan fingerprint density at radius 2 is 1.74 bits per heavy atom. The summed E-state index contributed by atoms with van der Waals surface area (Å²) >= 11 is 0. The molecule has 2 atom stereocenters. The summed E-state index contributed by atoms with van der Waals surface area (Å²) in [5, 5.41) is 0. The van der Waals surface area contributed by atoms with E-state index in [1.54, 1.807) is 7.11 Å². The van der Waals surface area contributed by atoms with Crippen LogP contribution >= 0.6 is 0 Å². The van der Waals surface area contributed by atoms with Gasteiger partial charge in [0.05, 0.1) is 25.6 Å². The minimum absolute atomic E-state index is 0.102. The van der Waals surface area contributed by atoms with Gasteiger partial charge in [-0.25, -0.2) is 0 Å². The SMILES string of the molecule is CCCCN1C(=O)CCC(C(=O)N2CCN(CC(=O)N(CC)CC)CC2)C1c1ccccc1OC. The quantitative estimate of drug-likeness (QED) is 0.509. The number of benzene rings is 1. The van der Waals surface area contributed by atoms with Crippen molar-refractivity contribution in [1.82, 2.24) is 19.6 Å². The van der Waals surface area contributed by atoms with Crippen LogP contribution in [0.3, 0.4) is 0 Å². The van der Waals surface area contributed by atoms with E-state index in [0.717, 1.165) is 18.4 Å². The lowest BCUT2D eigenvalue weighted by Crippen LogP contribution is -2.55. The molecule has 2 aliphatic heterocycles. The van der Waals surface area contributed by atoms with E-state index in [1.807, 2.05) is 52.8 Å². The van der Waals surface area contributed by atoms with Gasteiger partial charge in [0.15, 0.2) is 0 Å². The second-order valence-electron chi connectivity index (χ2n) is 9.44. The summed E-state index contributed by atoms with van der Waals surface area (Å²) in [6, 6.07) is 7.42. The Labute approximate surface area is 210 Å². The third-order valence-electron chi connectivity index (χ3n) is 7.39. The first kappa shape index (κ1) is 27.0. The minimum Gasteiger partial charge on any atom is -0.496 e. The zero-order chi connectivity index (χ0) is 25.4. The number of rotatable bonds is 10. The monoisotopic (exact) mass is 486 g/mol. The molecule has 3 amide bonds. The second-order valence-corrected chi connectivity index (χ2v) is 9.44. The number of piperidine rings is 1. The molecule has 0 saturated carbocycles. The summed E-state index contributed by atoms with van der Waals surface area (Å²) in [5.74, 6) is 0.766. The number of unbranched alkanes of at least 4 members (excludes halogenated alkanes) is 1. The van der Waals surface area contributed by atoms with Crippen LogP contribution in [0.15, 0.2) is 24.3 Å². The van der Waals surface area contributed by atoms with Crippen LogP contribution in [-0.4, -0.2) is 96.8 Å². The number of methoxy groups -OCH3 is 1. The Hall–Kier alpha value is -2.61. The number of carbonyl (C=O) groups is 3. The maximum absolute atomic E-state index is 13.8. The predicted octanol–water partition coefficient (Wildman–Crippen LogP) is 2.79. The van der Waals surface area contributed by atoms with E-state index in [-0.39, 0.29) is 29.7 Å². The molecule has 3 rings (SSSR count). The van der Waals surface area contributed by atoms with Crippen molar-refractivity contribution < 1.29 is 19.1 Å². The van der Waals surface area contributed by atoms with Crippen molar-refractivity contribution in [1.29, 1.82) is 0 Å². The van der Waals surface area contributed by atoms with E-state index >= 15 is 0 Å². The number of para-hydroxylation sites is 1. The van der Waals surface area contributed by atoms with Crippen molar-refractivity contribution in [3.8, 4) is 5.75 Å². The lowest BCUT2D eigenvalue weighted by Gasteiger charge is -2.44. The van der Waals surface area contributed by atoms with Crippen molar-refractivity contribution in [3.63, 3.8) is 0 Å². The molecule has 8 heteroatoms. The Bertz CT molecular complexity index is 864. The highest BCUT2D eigenvalue weighted by Gasteiger charge is 2.43. The van der Waals surface area contributed by atoms with Gasteiger partial charge in [-0.2, -0.15) is 0 Å². The first-order valence-corrected chi connectivity index (χ1v) is 13.2. The fourth-order valence-corrected chi connectivity index (χ4v) is 5.33. The average Bonchev–Trinajstić information content (AvgIpc) is 2.88. The Balaban J connectivity index is 1.75. The first-order chi connectivity index (χ1) is 16.9. The maximum atomic E-state index is 13.8. The Morgan fingerprint density at radius 1 is 1.06 bits per heavy atom. The van der Waals surface area contributed by atoms with Gasteiger partial charge in [-0.3, -0.25) is 19.3 Å². The molecule has 2 saturated heterocycles. The van der Waals surface area contributed by atoms with Gasteiger partial charge in [-0.1, -0.05) is 31.5 Å². The largest absolute Gasteiger partial charge is 0.496 e.